The van der Waals surface area contributed by atoms with Gasteiger partial charge in [0, 0.05) is 6.54 Å². The Hall–Kier alpha value is -1.94. The van der Waals surface area contributed by atoms with Crippen LogP contribution in [0.2, 0.25) is 5.02 Å². The van der Waals surface area contributed by atoms with Crippen molar-refractivity contribution in [3.63, 3.8) is 0 Å². The lowest BCUT2D eigenvalue weighted by Crippen LogP contribution is -2.08. The Morgan fingerprint density at radius 1 is 1.26 bits per heavy atom. The highest BCUT2D eigenvalue weighted by Crippen LogP contribution is 2.20. The van der Waals surface area contributed by atoms with E-state index in [4.69, 9.17) is 22.1 Å². The molecule has 1 heterocycles. The average Bonchev–Trinajstić information content (AvgIpc) is 2.42. The van der Waals surface area contributed by atoms with Gasteiger partial charge >= 0.3 is 0 Å². The summed E-state index contributed by atoms with van der Waals surface area (Å²) >= 11 is 6.00. The Bertz CT molecular complexity index is 519. The lowest BCUT2D eigenvalue weighted by Gasteiger charge is -2.09. The maximum atomic E-state index is 6.00. The van der Waals surface area contributed by atoms with E-state index in [0.717, 1.165) is 18.7 Å². The molecule has 0 aliphatic carbocycles. The molecule has 0 bridgehead atoms. The molecule has 2 aromatic rings. The standard InChI is InChI=1S/C14H16ClN3O/c15-13-9-11(16)10-18-14(13)17-7-4-8-19-12-5-2-1-3-6-12/h1-3,5-6,9-10H,4,7-8,16H2,(H,17,18). The number of anilines is 2. The second-order valence-corrected chi connectivity index (χ2v) is 4.45. The number of nitrogens with one attached hydrogen (secondary N) is 1. The van der Waals surface area contributed by atoms with Crippen LogP contribution in [0.15, 0.2) is 42.6 Å². The molecule has 0 spiro atoms. The number of ether oxygens (including phenoxy) is 1. The highest BCUT2D eigenvalue weighted by atomic mass is 35.5. The van der Waals surface area contributed by atoms with Crippen LogP contribution in [0.4, 0.5) is 11.5 Å². The molecule has 2 rings (SSSR count). The molecule has 100 valence electrons. The summed E-state index contributed by atoms with van der Waals surface area (Å²) in [6.45, 7) is 1.38. The fourth-order valence-corrected chi connectivity index (χ4v) is 1.81. The van der Waals surface area contributed by atoms with Crippen LogP contribution in [0.3, 0.4) is 0 Å². The third kappa shape index (κ3) is 4.34. The minimum absolute atomic E-state index is 0.531. The van der Waals surface area contributed by atoms with Gasteiger partial charge in [-0.15, -0.1) is 0 Å². The molecule has 0 fully saturated rings. The van der Waals surface area contributed by atoms with Crippen molar-refractivity contribution in [2.45, 2.75) is 6.42 Å². The number of aromatic nitrogens is 1. The molecule has 5 heteroatoms. The number of hydrogen-bond donors (Lipinski definition) is 2. The molecule has 0 unspecified atom stereocenters. The molecule has 0 radical (unpaired) electrons. The first-order valence-corrected chi connectivity index (χ1v) is 6.46. The SMILES string of the molecule is Nc1cnc(NCCCOc2ccccc2)c(Cl)c1. The maximum Gasteiger partial charge on any atom is 0.144 e. The Labute approximate surface area is 117 Å². The monoisotopic (exact) mass is 277 g/mol. The number of nitrogen functional groups attached to an aromatic ring is 1. The maximum absolute atomic E-state index is 6.00. The number of benzene rings is 1. The zero-order valence-corrected chi connectivity index (χ0v) is 11.2. The van der Waals surface area contributed by atoms with Crippen LogP contribution in [-0.4, -0.2) is 18.1 Å². The lowest BCUT2D eigenvalue weighted by atomic mass is 10.3. The predicted molar refractivity (Wildman–Crippen MR) is 78.7 cm³/mol. The minimum atomic E-state index is 0.531. The highest BCUT2D eigenvalue weighted by molar-refractivity contribution is 6.33. The van der Waals surface area contributed by atoms with E-state index in [2.05, 4.69) is 10.3 Å². The summed E-state index contributed by atoms with van der Waals surface area (Å²) in [7, 11) is 0. The van der Waals surface area contributed by atoms with Gasteiger partial charge in [0.2, 0.25) is 0 Å². The number of pyridine rings is 1. The van der Waals surface area contributed by atoms with Crippen molar-refractivity contribution < 1.29 is 4.74 Å². The van der Waals surface area contributed by atoms with E-state index in [1.54, 1.807) is 12.3 Å². The number of nitrogens with zero attached hydrogens (tertiary/aromatic N) is 1. The van der Waals surface area contributed by atoms with Gasteiger partial charge in [-0.05, 0) is 24.6 Å². The molecule has 19 heavy (non-hydrogen) atoms. The average molecular weight is 278 g/mol. The van der Waals surface area contributed by atoms with Crippen LogP contribution in [0.1, 0.15) is 6.42 Å². The van der Waals surface area contributed by atoms with Crippen molar-refractivity contribution in [3.05, 3.63) is 47.6 Å². The van der Waals surface area contributed by atoms with Gasteiger partial charge in [0.25, 0.3) is 0 Å². The molecule has 0 atom stereocenters. The predicted octanol–water partition coefficient (Wildman–Crippen LogP) is 3.20. The summed E-state index contributed by atoms with van der Waals surface area (Å²) in [5.74, 6) is 1.53. The topological polar surface area (TPSA) is 60.2 Å². The summed E-state index contributed by atoms with van der Waals surface area (Å²) in [5, 5.41) is 3.68. The quantitative estimate of drug-likeness (QED) is 0.796. The number of hydrogen-bond acceptors (Lipinski definition) is 4. The summed E-state index contributed by atoms with van der Waals surface area (Å²) in [6.07, 6.45) is 2.44. The molecule has 0 saturated carbocycles. The van der Waals surface area contributed by atoms with Gasteiger partial charge in [-0.3, -0.25) is 0 Å². The van der Waals surface area contributed by atoms with Crippen molar-refractivity contribution in [2.75, 3.05) is 24.2 Å². The Morgan fingerprint density at radius 3 is 2.79 bits per heavy atom. The van der Waals surface area contributed by atoms with Gasteiger partial charge in [-0.1, -0.05) is 29.8 Å². The Morgan fingerprint density at radius 2 is 2.05 bits per heavy atom. The first-order chi connectivity index (χ1) is 9.25. The van der Waals surface area contributed by atoms with Crippen LogP contribution in [0.5, 0.6) is 5.75 Å². The molecule has 1 aromatic carbocycles. The Balaban J connectivity index is 1.69. The van der Waals surface area contributed by atoms with E-state index in [0.29, 0.717) is 23.1 Å². The summed E-state index contributed by atoms with van der Waals surface area (Å²) in [4.78, 5) is 4.12. The van der Waals surface area contributed by atoms with E-state index in [1.807, 2.05) is 30.3 Å². The second-order valence-electron chi connectivity index (χ2n) is 4.04. The van der Waals surface area contributed by atoms with Gasteiger partial charge in [0.05, 0.1) is 23.5 Å². The first kappa shape index (κ1) is 13.5. The zero-order valence-electron chi connectivity index (χ0n) is 10.5. The molecule has 1 aromatic heterocycles. The van der Waals surface area contributed by atoms with Crippen LogP contribution in [0, 0.1) is 0 Å². The third-order valence-corrected chi connectivity index (χ3v) is 2.78. The molecule has 0 aliphatic rings. The van der Waals surface area contributed by atoms with Gasteiger partial charge in [0.1, 0.15) is 11.6 Å². The number of halogens is 1. The number of rotatable bonds is 6. The van der Waals surface area contributed by atoms with Crippen LogP contribution >= 0.6 is 11.6 Å². The zero-order chi connectivity index (χ0) is 13.5. The highest BCUT2D eigenvalue weighted by Gasteiger charge is 2.01. The molecule has 0 saturated heterocycles. The van der Waals surface area contributed by atoms with Crippen LogP contribution < -0.4 is 15.8 Å². The summed E-state index contributed by atoms with van der Waals surface area (Å²) in [5.41, 5.74) is 6.13. The molecular formula is C14H16ClN3O. The van der Waals surface area contributed by atoms with E-state index >= 15 is 0 Å². The fraction of sp³-hybridized carbons (Fsp3) is 0.214. The first-order valence-electron chi connectivity index (χ1n) is 6.08. The van der Waals surface area contributed by atoms with Crippen molar-refractivity contribution in [1.82, 2.24) is 4.98 Å². The van der Waals surface area contributed by atoms with Gasteiger partial charge < -0.3 is 15.8 Å². The van der Waals surface area contributed by atoms with E-state index < -0.39 is 0 Å². The lowest BCUT2D eigenvalue weighted by molar-refractivity contribution is 0.315. The number of para-hydroxylation sites is 1. The Kier molecular flexibility index (Phi) is 4.86. The normalized spacial score (nSPS) is 10.2. The fourth-order valence-electron chi connectivity index (χ4n) is 1.57. The molecule has 0 amide bonds. The molecule has 3 N–H and O–H groups in total. The van der Waals surface area contributed by atoms with Crippen molar-refractivity contribution in [3.8, 4) is 5.75 Å². The summed E-state index contributed by atoms with van der Waals surface area (Å²) in [6, 6.07) is 11.4. The van der Waals surface area contributed by atoms with Crippen LogP contribution in [-0.2, 0) is 0 Å². The molecule has 4 nitrogen and oxygen atoms in total. The molecule has 0 aliphatic heterocycles. The summed E-state index contributed by atoms with van der Waals surface area (Å²) < 4.78 is 5.58. The van der Waals surface area contributed by atoms with Crippen molar-refractivity contribution in [1.29, 1.82) is 0 Å². The van der Waals surface area contributed by atoms with Gasteiger partial charge in [0.15, 0.2) is 0 Å². The number of nitrogens with two attached hydrogens (primary N) is 1. The minimum Gasteiger partial charge on any atom is -0.494 e. The van der Waals surface area contributed by atoms with E-state index in [1.165, 1.54) is 0 Å². The van der Waals surface area contributed by atoms with Crippen molar-refractivity contribution >= 4 is 23.1 Å². The van der Waals surface area contributed by atoms with Gasteiger partial charge in [-0.2, -0.15) is 0 Å². The third-order valence-electron chi connectivity index (χ3n) is 2.49. The van der Waals surface area contributed by atoms with Crippen molar-refractivity contribution in [2.24, 2.45) is 0 Å². The molecular weight excluding hydrogens is 262 g/mol. The van der Waals surface area contributed by atoms with Gasteiger partial charge in [-0.25, -0.2) is 4.98 Å². The second kappa shape index (κ2) is 6.85. The van der Waals surface area contributed by atoms with E-state index in [9.17, 15) is 0 Å². The largest absolute Gasteiger partial charge is 0.494 e. The van der Waals surface area contributed by atoms with Crippen LogP contribution in [0.25, 0.3) is 0 Å². The smallest absolute Gasteiger partial charge is 0.144 e. The van der Waals surface area contributed by atoms with E-state index in [-0.39, 0.29) is 0 Å².